The van der Waals surface area contributed by atoms with Crippen LogP contribution in [0.3, 0.4) is 0 Å². The number of carbonyl (C=O) groups is 2. The predicted molar refractivity (Wildman–Crippen MR) is 86.0 cm³/mol. The average molecular weight is 313 g/mol. The van der Waals surface area contributed by atoms with Crippen molar-refractivity contribution in [3.8, 4) is 11.5 Å². The Bertz CT molecular complexity index is 662. The molecule has 23 heavy (non-hydrogen) atoms. The highest BCUT2D eigenvalue weighted by Gasteiger charge is 2.06. The van der Waals surface area contributed by atoms with Crippen molar-refractivity contribution in [3.63, 3.8) is 0 Å². The van der Waals surface area contributed by atoms with Gasteiger partial charge in [0.25, 0.3) is 0 Å². The fraction of sp³-hybridized carbons (Fsp3) is 0.222. The number of amides is 1. The summed E-state index contributed by atoms with van der Waals surface area (Å²) in [6.45, 7) is 0. The third kappa shape index (κ3) is 5.82. The van der Waals surface area contributed by atoms with Gasteiger partial charge in [0, 0.05) is 12.8 Å². The van der Waals surface area contributed by atoms with Gasteiger partial charge in [-0.2, -0.15) is 0 Å². The summed E-state index contributed by atoms with van der Waals surface area (Å²) in [6, 6.07) is 13.8. The Morgan fingerprint density at radius 3 is 1.96 bits per heavy atom. The molecule has 0 aromatic heterocycles. The van der Waals surface area contributed by atoms with Crippen molar-refractivity contribution < 1.29 is 19.4 Å². The maximum atomic E-state index is 11.8. The third-order valence-electron chi connectivity index (χ3n) is 3.37. The molecular formula is C18H19NO4. The van der Waals surface area contributed by atoms with Crippen LogP contribution < -0.4 is 10.5 Å². The Hall–Kier alpha value is -2.82. The number of benzene rings is 2. The molecule has 0 unspecified atom stereocenters. The molecule has 0 fully saturated rings. The van der Waals surface area contributed by atoms with E-state index in [4.69, 9.17) is 10.5 Å². The number of primary amides is 1. The van der Waals surface area contributed by atoms with Gasteiger partial charge in [0.15, 0.2) is 0 Å². The van der Waals surface area contributed by atoms with E-state index in [2.05, 4.69) is 0 Å². The molecule has 0 aliphatic rings. The Balaban J connectivity index is 1.80. The predicted octanol–water partition coefficient (Wildman–Crippen LogP) is 2.35. The van der Waals surface area contributed by atoms with Crippen molar-refractivity contribution in [3.05, 3.63) is 59.7 Å². The molecule has 1 amide bonds. The number of aryl methyl sites for hydroxylation is 2. The first kappa shape index (κ1) is 16.5. The molecule has 0 saturated heterocycles. The molecule has 2 rings (SSSR count). The topological polar surface area (TPSA) is 89.6 Å². The van der Waals surface area contributed by atoms with Crippen LogP contribution in [-0.2, 0) is 22.4 Å². The molecule has 0 saturated carbocycles. The highest BCUT2D eigenvalue weighted by molar-refractivity contribution is 5.74. The number of rotatable bonds is 7. The second-order valence-corrected chi connectivity index (χ2v) is 5.25. The molecular weight excluding hydrogens is 294 g/mol. The maximum absolute atomic E-state index is 11.8. The fourth-order valence-corrected chi connectivity index (χ4v) is 2.08. The largest absolute Gasteiger partial charge is 0.508 e. The zero-order valence-corrected chi connectivity index (χ0v) is 12.7. The quantitative estimate of drug-likeness (QED) is 0.606. The molecule has 0 atom stereocenters. The monoisotopic (exact) mass is 313 g/mol. The lowest BCUT2D eigenvalue weighted by Gasteiger charge is -2.06. The summed E-state index contributed by atoms with van der Waals surface area (Å²) in [5.41, 5.74) is 7.03. The van der Waals surface area contributed by atoms with Gasteiger partial charge in [0.2, 0.25) is 5.91 Å². The van der Waals surface area contributed by atoms with Gasteiger partial charge < -0.3 is 15.6 Å². The van der Waals surface area contributed by atoms with E-state index in [1.54, 1.807) is 36.4 Å². The summed E-state index contributed by atoms with van der Waals surface area (Å²) >= 11 is 0. The van der Waals surface area contributed by atoms with Gasteiger partial charge in [-0.05, 0) is 48.2 Å². The van der Waals surface area contributed by atoms with Crippen LogP contribution in [0, 0.1) is 0 Å². The molecule has 120 valence electrons. The van der Waals surface area contributed by atoms with Crippen LogP contribution in [0.15, 0.2) is 48.5 Å². The summed E-state index contributed by atoms with van der Waals surface area (Å²) in [7, 11) is 0. The summed E-state index contributed by atoms with van der Waals surface area (Å²) < 4.78 is 5.26. The summed E-state index contributed by atoms with van der Waals surface area (Å²) in [5, 5.41) is 9.20. The molecule has 0 bridgehead atoms. The molecule has 5 heteroatoms. The van der Waals surface area contributed by atoms with Crippen molar-refractivity contribution >= 4 is 11.9 Å². The molecule has 0 heterocycles. The molecule has 5 nitrogen and oxygen atoms in total. The van der Waals surface area contributed by atoms with Gasteiger partial charge in [-0.15, -0.1) is 0 Å². The molecule has 2 aromatic rings. The molecule has 2 aromatic carbocycles. The van der Waals surface area contributed by atoms with Crippen molar-refractivity contribution in [2.24, 2.45) is 5.73 Å². The number of nitrogens with two attached hydrogens (primary N) is 1. The smallest absolute Gasteiger partial charge is 0.311 e. The number of hydrogen-bond donors (Lipinski definition) is 2. The highest BCUT2D eigenvalue weighted by atomic mass is 16.5. The van der Waals surface area contributed by atoms with Crippen LogP contribution in [0.5, 0.6) is 11.5 Å². The highest BCUT2D eigenvalue weighted by Crippen LogP contribution is 2.15. The van der Waals surface area contributed by atoms with Gasteiger partial charge in [0.05, 0.1) is 0 Å². The fourth-order valence-electron chi connectivity index (χ4n) is 2.08. The molecule has 0 spiro atoms. The normalized spacial score (nSPS) is 10.3. The average Bonchev–Trinajstić information content (AvgIpc) is 2.53. The Morgan fingerprint density at radius 1 is 0.870 bits per heavy atom. The Morgan fingerprint density at radius 2 is 1.39 bits per heavy atom. The first-order valence-electron chi connectivity index (χ1n) is 7.39. The van der Waals surface area contributed by atoms with Crippen LogP contribution in [0.25, 0.3) is 0 Å². The number of aromatic hydroxyl groups is 1. The number of carbonyl (C=O) groups excluding carboxylic acids is 2. The summed E-state index contributed by atoms with van der Waals surface area (Å²) in [5.74, 6) is 0.0222. The van der Waals surface area contributed by atoms with Crippen molar-refractivity contribution in [1.82, 2.24) is 0 Å². The first-order valence-corrected chi connectivity index (χ1v) is 7.39. The van der Waals surface area contributed by atoms with Gasteiger partial charge in [-0.25, -0.2) is 0 Å². The minimum Gasteiger partial charge on any atom is -0.508 e. The standard InChI is InChI=1S/C18H19NO4/c19-17(21)11-5-14-3-9-16(10-4-14)23-18(22)12-6-13-1-7-15(20)8-2-13/h1-4,7-10,20H,5-6,11-12H2,(H2,19,21). The van der Waals surface area contributed by atoms with Crippen molar-refractivity contribution in [2.45, 2.75) is 25.7 Å². The van der Waals surface area contributed by atoms with E-state index in [1.807, 2.05) is 12.1 Å². The van der Waals surface area contributed by atoms with Crippen molar-refractivity contribution in [2.75, 3.05) is 0 Å². The lowest BCUT2D eigenvalue weighted by Crippen LogP contribution is -2.11. The van der Waals surface area contributed by atoms with Crippen LogP contribution in [0.4, 0.5) is 0 Å². The Labute approximate surface area is 134 Å². The van der Waals surface area contributed by atoms with E-state index < -0.39 is 0 Å². The van der Waals surface area contributed by atoms with Crippen molar-refractivity contribution in [1.29, 1.82) is 0 Å². The van der Waals surface area contributed by atoms with Gasteiger partial charge >= 0.3 is 5.97 Å². The van der Waals surface area contributed by atoms with Gasteiger partial charge in [0.1, 0.15) is 11.5 Å². The number of phenols is 1. The van der Waals surface area contributed by atoms with Gasteiger partial charge in [-0.1, -0.05) is 24.3 Å². The number of ether oxygens (including phenoxy) is 1. The SMILES string of the molecule is NC(=O)CCc1ccc(OC(=O)CCc2ccc(O)cc2)cc1. The number of phenolic OH excluding ortho intramolecular Hbond substituents is 1. The van der Waals surface area contributed by atoms with Crippen LogP contribution >= 0.6 is 0 Å². The molecule has 0 radical (unpaired) electrons. The third-order valence-corrected chi connectivity index (χ3v) is 3.37. The van der Waals surface area contributed by atoms with E-state index in [0.29, 0.717) is 25.0 Å². The second-order valence-electron chi connectivity index (χ2n) is 5.25. The summed E-state index contributed by atoms with van der Waals surface area (Å²) in [4.78, 5) is 22.6. The lowest BCUT2D eigenvalue weighted by atomic mass is 10.1. The summed E-state index contributed by atoms with van der Waals surface area (Å²) in [6.07, 6.45) is 1.68. The first-order chi connectivity index (χ1) is 11.0. The minimum atomic E-state index is -0.338. The molecule has 0 aliphatic carbocycles. The van der Waals surface area contributed by atoms with Crippen LogP contribution in [0.1, 0.15) is 24.0 Å². The number of esters is 1. The number of hydrogen-bond acceptors (Lipinski definition) is 4. The second kappa shape index (κ2) is 7.98. The van der Waals surface area contributed by atoms with E-state index in [9.17, 15) is 14.7 Å². The lowest BCUT2D eigenvalue weighted by molar-refractivity contribution is -0.134. The maximum Gasteiger partial charge on any atom is 0.311 e. The minimum absolute atomic E-state index is 0.202. The van der Waals surface area contributed by atoms with Crippen LogP contribution in [0.2, 0.25) is 0 Å². The van der Waals surface area contributed by atoms with E-state index in [0.717, 1.165) is 11.1 Å². The van der Waals surface area contributed by atoms with E-state index in [-0.39, 0.29) is 24.0 Å². The van der Waals surface area contributed by atoms with Crippen LogP contribution in [-0.4, -0.2) is 17.0 Å². The molecule has 0 aliphatic heterocycles. The van der Waals surface area contributed by atoms with E-state index >= 15 is 0 Å². The zero-order chi connectivity index (χ0) is 16.7. The van der Waals surface area contributed by atoms with E-state index in [1.165, 1.54) is 0 Å². The van der Waals surface area contributed by atoms with Gasteiger partial charge in [-0.3, -0.25) is 9.59 Å². The molecule has 3 N–H and O–H groups in total. The zero-order valence-electron chi connectivity index (χ0n) is 12.7. The Kier molecular flexibility index (Phi) is 5.74.